The maximum Gasteiger partial charge on any atom is 0.171 e. The van der Waals surface area contributed by atoms with Crippen molar-refractivity contribution in [3.63, 3.8) is 0 Å². The predicted molar refractivity (Wildman–Crippen MR) is 92.6 cm³/mol. The molecule has 0 radical (unpaired) electrons. The van der Waals surface area contributed by atoms with Crippen molar-refractivity contribution in [1.82, 2.24) is 0 Å². The normalized spacial score (nSPS) is 9.17. The van der Waals surface area contributed by atoms with E-state index in [-0.39, 0.29) is 48.0 Å². The molecule has 0 atom stereocenters. The van der Waals surface area contributed by atoms with E-state index in [4.69, 9.17) is 0 Å². The number of halogens is 2. The Morgan fingerprint density at radius 1 is 0.708 bits per heavy atom. The zero-order chi connectivity index (χ0) is 16.2. The van der Waals surface area contributed by atoms with Gasteiger partial charge in [-0.2, -0.15) is 0 Å². The molecule has 2 aromatic rings. The second-order valence-electron chi connectivity index (χ2n) is 5.94. The Morgan fingerprint density at radius 2 is 1.25 bits per heavy atom. The molecule has 2 aromatic heterocycles. The van der Waals surface area contributed by atoms with E-state index >= 15 is 0 Å². The molecule has 0 amide bonds. The van der Waals surface area contributed by atoms with Gasteiger partial charge in [-0.3, -0.25) is 0 Å². The van der Waals surface area contributed by atoms with E-state index in [1.54, 1.807) is 0 Å². The van der Waals surface area contributed by atoms with Gasteiger partial charge >= 0.3 is 0 Å². The van der Waals surface area contributed by atoms with Crippen LogP contribution in [0.4, 0.5) is 0 Å². The van der Waals surface area contributed by atoms with E-state index in [0.717, 1.165) is 13.1 Å². The summed E-state index contributed by atoms with van der Waals surface area (Å²) in [5.41, 5.74) is 2.67. The summed E-state index contributed by atoms with van der Waals surface area (Å²) in [4.78, 5) is 0. The van der Waals surface area contributed by atoms with Crippen molar-refractivity contribution >= 4 is 0 Å². The lowest BCUT2D eigenvalue weighted by molar-refractivity contribution is -0.697. The first-order valence-corrected chi connectivity index (χ1v) is 8.57. The molecule has 0 aliphatic heterocycles. The van der Waals surface area contributed by atoms with Crippen molar-refractivity contribution in [3.05, 3.63) is 60.2 Å². The van der Waals surface area contributed by atoms with Gasteiger partial charge in [0.15, 0.2) is 24.8 Å². The van der Waals surface area contributed by atoms with Gasteiger partial charge in [-0.15, -0.1) is 0 Å². The molecule has 0 aromatic carbocycles. The van der Waals surface area contributed by atoms with Crippen LogP contribution in [0.2, 0.25) is 0 Å². The Morgan fingerprint density at radius 3 is 1.75 bits per heavy atom. The number of nitrogens with zero attached hydrogens (tertiary/aromatic N) is 2. The smallest absolute Gasteiger partial charge is 0.171 e. The minimum atomic E-state index is 0. The Hall–Kier alpha value is -0.240. The number of pyridine rings is 2. The lowest BCUT2D eigenvalue weighted by Crippen LogP contribution is -3.00. The summed E-state index contributed by atoms with van der Waals surface area (Å²) < 4.78 is 4.48. The largest absolute Gasteiger partial charge is 1.00 e. The minimum absolute atomic E-state index is 0. The number of rotatable bonds is 6. The molecule has 0 spiro atoms. The Balaban J connectivity index is 0. The number of unbranched alkanes of at least 4 members (excludes halogenated alkanes) is 2. The lowest BCUT2D eigenvalue weighted by Gasteiger charge is -1.94. The highest BCUT2D eigenvalue weighted by atomic mass is 127. The van der Waals surface area contributed by atoms with Crippen molar-refractivity contribution in [2.24, 2.45) is 0 Å². The van der Waals surface area contributed by atoms with E-state index in [2.05, 4.69) is 85.9 Å². The number of hydrogen-bond donors (Lipinski definition) is 0. The molecule has 0 aliphatic rings. The van der Waals surface area contributed by atoms with Gasteiger partial charge in [0.2, 0.25) is 0 Å². The summed E-state index contributed by atoms with van der Waals surface area (Å²) in [6.07, 6.45) is 13.7. The van der Waals surface area contributed by atoms with Gasteiger partial charge in [0.25, 0.3) is 0 Å². The summed E-state index contributed by atoms with van der Waals surface area (Å²) in [6.45, 7) is 11.0. The fraction of sp³-hybridized carbons (Fsp3) is 0.500. The van der Waals surface area contributed by atoms with Crippen LogP contribution in [-0.4, -0.2) is 0 Å². The van der Waals surface area contributed by atoms with Gasteiger partial charge in [0.1, 0.15) is 13.1 Å². The molecular weight excluding hydrogens is 522 g/mol. The molecule has 0 saturated carbocycles. The third-order valence-electron chi connectivity index (χ3n) is 3.60. The van der Waals surface area contributed by atoms with Crippen molar-refractivity contribution in [1.29, 1.82) is 0 Å². The molecule has 0 N–H and O–H groups in total. The molecule has 0 fully saturated rings. The minimum Gasteiger partial charge on any atom is -1.00 e. The highest BCUT2D eigenvalue weighted by Crippen LogP contribution is 1.92. The average molecular weight is 554 g/mol. The molecule has 0 aliphatic carbocycles. The number of aromatic nitrogens is 2. The molecule has 2 nitrogen and oxygen atoms in total. The fourth-order valence-corrected chi connectivity index (χ4v) is 2.15. The van der Waals surface area contributed by atoms with Gasteiger partial charge in [-0.05, 0) is 25.5 Å². The van der Waals surface area contributed by atoms with Crippen LogP contribution in [0, 0.1) is 13.8 Å². The molecule has 4 heteroatoms. The van der Waals surface area contributed by atoms with Crippen LogP contribution in [0.3, 0.4) is 0 Å². The first kappa shape index (κ1) is 26.0. The molecule has 2 rings (SSSR count). The van der Waals surface area contributed by atoms with Gasteiger partial charge in [0.05, 0.1) is 0 Å². The van der Waals surface area contributed by atoms with E-state index in [1.165, 1.54) is 36.8 Å². The fourth-order valence-electron chi connectivity index (χ4n) is 2.15. The van der Waals surface area contributed by atoms with Crippen molar-refractivity contribution in [3.8, 4) is 0 Å². The Bertz CT molecular complexity index is 527. The van der Waals surface area contributed by atoms with Crippen molar-refractivity contribution < 1.29 is 57.1 Å². The third kappa shape index (κ3) is 12.2. The van der Waals surface area contributed by atoms with Gasteiger partial charge in [0, 0.05) is 36.6 Å². The van der Waals surface area contributed by atoms with Crippen LogP contribution in [0.1, 0.15) is 50.7 Å². The van der Waals surface area contributed by atoms with E-state index in [9.17, 15) is 0 Å². The molecule has 24 heavy (non-hydrogen) atoms. The monoisotopic (exact) mass is 554 g/mol. The topological polar surface area (TPSA) is 7.76 Å². The summed E-state index contributed by atoms with van der Waals surface area (Å²) in [7, 11) is 0. The maximum absolute atomic E-state index is 2.25. The van der Waals surface area contributed by atoms with Gasteiger partial charge < -0.3 is 48.0 Å². The number of aryl methyl sites for hydroxylation is 4. The van der Waals surface area contributed by atoms with E-state index < -0.39 is 0 Å². The predicted octanol–water partition coefficient (Wildman–Crippen LogP) is -1.83. The Labute approximate surface area is 182 Å². The second-order valence-corrected chi connectivity index (χ2v) is 5.94. The van der Waals surface area contributed by atoms with Crippen LogP contribution < -0.4 is 57.1 Å². The van der Waals surface area contributed by atoms with Crippen LogP contribution in [0.5, 0.6) is 0 Å². The van der Waals surface area contributed by atoms with E-state index in [1.807, 2.05) is 0 Å². The Kier molecular flexibility index (Phi) is 17.6. The highest BCUT2D eigenvalue weighted by Gasteiger charge is 1.97. The third-order valence-corrected chi connectivity index (χ3v) is 3.60. The molecule has 0 unspecified atom stereocenters. The quantitative estimate of drug-likeness (QED) is 0.294. The van der Waals surface area contributed by atoms with Crippen molar-refractivity contribution in [2.45, 2.75) is 66.5 Å². The van der Waals surface area contributed by atoms with Crippen LogP contribution in [-0.2, 0) is 13.1 Å². The number of hydrogen-bond acceptors (Lipinski definition) is 0. The highest BCUT2D eigenvalue weighted by molar-refractivity contribution is 5.03. The van der Waals surface area contributed by atoms with Crippen LogP contribution in [0.15, 0.2) is 49.1 Å². The summed E-state index contributed by atoms with van der Waals surface area (Å²) >= 11 is 0. The molecule has 0 bridgehead atoms. The van der Waals surface area contributed by atoms with E-state index in [0.29, 0.717) is 0 Å². The second kappa shape index (κ2) is 16.2. The first-order valence-electron chi connectivity index (χ1n) is 8.57. The average Bonchev–Trinajstić information content (AvgIpc) is 2.53. The molecule has 0 saturated heterocycles. The van der Waals surface area contributed by atoms with Crippen molar-refractivity contribution in [2.75, 3.05) is 0 Å². The van der Waals surface area contributed by atoms with Gasteiger partial charge in [-0.1, -0.05) is 26.7 Å². The SMILES string of the molecule is CCCC[n+]1ccc(C)cc1.CCCC[n+]1cccc(C)c1.[I-].[I-]. The summed E-state index contributed by atoms with van der Waals surface area (Å²) in [6, 6.07) is 8.53. The summed E-state index contributed by atoms with van der Waals surface area (Å²) in [5.74, 6) is 0. The molecular formula is C20H32I2N2. The maximum atomic E-state index is 2.25. The first-order chi connectivity index (χ1) is 10.7. The molecule has 136 valence electrons. The lowest BCUT2D eigenvalue weighted by atomic mass is 10.3. The van der Waals surface area contributed by atoms with Crippen LogP contribution >= 0.6 is 0 Å². The zero-order valence-electron chi connectivity index (χ0n) is 15.5. The van der Waals surface area contributed by atoms with Gasteiger partial charge in [-0.25, -0.2) is 9.13 Å². The standard InChI is InChI=1S/2C10H16N.2HI/c1-3-4-7-11-8-5-10(2)6-9-11;1-3-4-7-11-8-5-6-10(2)9-11;;/h2*5-6,8-9H,3-4,7H2,1-2H3;2*1H/q2*+1;;/p-2. The molecule has 2 heterocycles. The zero-order valence-corrected chi connectivity index (χ0v) is 19.8. The summed E-state index contributed by atoms with van der Waals surface area (Å²) in [5, 5.41) is 0. The van der Waals surface area contributed by atoms with Crippen LogP contribution in [0.25, 0.3) is 0 Å².